The SMILES string of the molecule is CC(=O)N1CCN(C(=O)CN(CCc2ccccc2)C(C)=O)CC1. The molecule has 1 aliphatic rings. The monoisotopic (exact) mass is 331 g/mol. The van der Waals surface area contributed by atoms with E-state index in [9.17, 15) is 14.4 Å². The van der Waals surface area contributed by atoms with Crippen LogP contribution in [-0.4, -0.2) is 71.7 Å². The minimum absolute atomic E-state index is 0.0373. The van der Waals surface area contributed by atoms with Gasteiger partial charge in [-0.25, -0.2) is 0 Å². The molecule has 1 aromatic carbocycles. The standard InChI is InChI=1S/C18H25N3O3/c1-15(22)19-10-12-20(13-11-19)18(24)14-21(16(2)23)9-8-17-6-4-3-5-7-17/h3-7H,8-14H2,1-2H3. The summed E-state index contributed by atoms with van der Waals surface area (Å²) in [7, 11) is 0. The Hall–Kier alpha value is -2.37. The molecular weight excluding hydrogens is 306 g/mol. The topological polar surface area (TPSA) is 60.9 Å². The van der Waals surface area contributed by atoms with Crippen LogP contribution in [0.15, 0.2) is 30.3 Å². The molecule has 1 fully saturated rings. The van der Waals surface area contributed by atoms with Crippen molar-refractivity contribution in [2.24, 2.45) is 0 Å². The number of amides is 3. The number of piperazine rings is 1. The number of nitrogens with zero attached hydrogens (tertiary/aromatic N) is 3. The minimum Gasteiger partial charge on any atom is -0.339 e. The van der Waals surface area contributed by atoms with E-state index in [1.54, 1.807) is 21.6 Å². The summed E-state index contributed by atoms with van der Waals surface area (Å²) in [5.41, 5.74) is 1.14. The van der Waals surface area contributed by atoms with Crippen molar-refractivity contribution in [3.63, 3.8) is 0 Å². The van der Waals surface area contributed by atoms with Crippen molar-refractivity contribution >= 4 is 17.7 Å². The zero-order valence-electron chi connectivity index (χ0n) is 14.4. The Morgan fingerprint density at radius 2 is 1.54 bits per heavy atom. The van der Waals surface area contributed by atoms with Crippen LogP contribution in [0.5, 0.6) is 0 Å². The largest absolute Gasteiger partial charge is 0.339 e. The van der Waals surface area contributed by atoms with Crippen LogP contribution in [0, 0.1) is 0 Å². The maximum atomic E-state index is 12.4. The second-order valence-electron chi connectivity index (χ2n) is 6.06. The summed E-state index contributed by atoms with van der Waals surface area (Å²) in [4.78, 5) is 40.7. The van der Waals surface area contributed by atoms with Crippen molar-refractivity contribution in [2.45, 2.75) is 20.3 Å². The van der Waals surface area contributed by atoms with Crippen molar-refractivity contribution in [3.8, 4) is 0 Å². The number of hydrogen-bond acceptors (Lipinski definition) is 3. The summed E-state index contributed by atoms with van der Waals surface area (Å²) >= 11 is 0. The molecule has 0 aromatic heterocycles. The van der Waals surface area contributed by atoms with Crippen LogP contribution in [0.25, 0.3) is 0 Å². The first-order valence-electron chi connectivity index (χ1n) is 8.30. The van der Waals surface area contributed by atoms with Gasteiger partial charge in [-0.1, -0.05) is 30.3 Å². The maximum Gasteiger partial charge on any atom is 0.242 e. The second kappa shape index (κ2) is 8.47. The molecule has 0 aliphatic carbocycles. The number of rotatable bonds is 5. The lowest BCUT2D eigenvalue weighted by atomic mass is 10.1. The predicted molar refractivity (Wildman–Crippen MR) is 91.2 cm³/mol. The highest BCUT2D eigenvalue weighted by atomic mass is 16.2. The molecule has 1 heterocycles. The number of benzene rings is 1. The van der Waals surface area contributed by atoms with Gasteiger partial charge in [0.1, 0.15) is 0 Å². The van der Waals surface area contributed by atoms with Crippen molar-refractivity contribution in [2.75, 3.05) is 39.3 Å². The van der Waals surface area contributed by atoms with Gasteiger partial charge in [0, 0.05) is 46.6 Å². The van der Waals surface area contributed by atoms with Gasteiger partial charge in [-0.3, -0.25) is 14.4 Å². The molecule has 1 saturated heterocycles. The third-order valence-corrected chi connectivity index (χ3v) is 4.36. The van der Waals surface area contributed by atoms with Crippen LogP contribution in [-0.2, 0) is 20.8 Å². The predicted octanol–water partition coefficient (Wildman–Crippen LogP) is 0.768. The highest BCUT2D eigenvalue weighted by Crippen LogP contribution is 2.06. The molecular formula is C18H25N3O3. The van der Waals surface area contributed by atoms with E-state index in [0.29, 0.717) is 32.7 Å². The Kier molecular flexibility index (Phi) is 6.35. The van der Waals surface area contributed by atoms with Crippen LogP contribution >= 0.6 is 0 Å². The van der Waals surface area contributed by atoms with Gasteiger partial charge < -0.3 is 14.7 Å². The number of carbonyl (C=O) groups is 3. The fourth-order valence-electron chi connectivity index (χ4n) is 2.79. The van der Waals surface area contributed by atoms with Gasteiger partial charge in [0.05, 0.1) is 6.54 Å². The molecule has 0 radical (unpaired) electrons. The first-order chi connectivity index (χ1) is 11.5. The van der Waals surface area contributed by atoms with Crippen molar-refractivity contribution in [1.29, 1.82) is 0 Å². The zero-order chi connectivity index (χ0) is 17.5. The third-order valence-electron chi connectivity index (χ3n) is 4.36. The third kappa shape index (κ3) is 5.08. The van der Waals surface area contributed by atoms with E-state index < -0.39 is 0 Å². The second-order valence-corrected chi connectivity index (χ2v) is 6.06. The Morgan fingerprint density at radius 3 is 2.08 bits per heavy atom. The van der Waals surface area contributed by atoms with Gasteiger partial charge in [-0.2, -0.15) is 0 Å². The van der Waals surface area contributed by atoms with E-state index in [4.69, 9.17) is 0 Å². The quantitative estimate of drug-likeness (QED) is 0.801. The van der Waals surface area contributed by atoms with E-state index >= 15 is 0 Å². The van der Waals surface area contributed by atoms with Crippen molar-refractivity contribution < 1.29 is 14.4 Å². The van der Waals surface area contributed by atoms with Gasteiger partial charge in [0.2, 0.25) is 17.7 Å². The maximum absolute atomic E-state index is 12.4. The highest BCUT2D eigenvalue weighted by molar-refractivity contribution is 5.84. The van der Waals surface area contributed by atoms with Crippen LogP contribution < -0.4 is 0 Å². The van der Waals surface area contributed by atoms with Gasteiger partial charge in [-0.15, -0.1) is 0 Å². The van der Waals surface area contributed by atoms with Crippen molar-refractivity contribution in [3.05, 3.63) is 35.9 Å². The fourth-order valence-corrected chi connectivity index (χ4v) is 2.79. The van der Waals surface area contributed by atoms with Crippen molar-refractivity contribution in [1.82, 2.24) is 14.7 Å². The summed E-state index contributed by atoms with van der Waals surface area (Å²) < 4.78 is 0. The highest BCUT2D eigenvalue weighted by Gasteiger charge is 2.24. The lowest BCUT2D eigenvalue weighted by molar-refractivity contribution is -0.142. The first kappa shape index (κ1) is 18.0. The molecule has 0 saturated carbocycles. The lowest BCUT2D eigenvalue weighted by Crippen LogP contribution is -2.52. The molecule has 2 rings (SSSR count). The van der Waals surface area contributed by atoms with Gasteiger partial charge >= 0.3 is 0 Å². The summed E-state index contributed by atoms with van der Waals surface area (Å²) in [5.74, 6) is -0.113. The summed E-state index contributed by atoms with van der Waals surface area (Å²) in [5, 5.41) is 0. The minimum atomic E-state index is -0.0957. The van der Waals surface area contributed by atoms with Gasteiger partial charge in [0.25, 0.3) is 0 Å². The molecule has 3 amide bonds. The Balaban J connectivity index is 1.85. The van der Waals surface area contributed by atoms with Gasteiger partial charge in [-0.05, 0) is 12.0 Å². The molecule has 0 atom stereocenters. The van der Waals surface area contributed by atoms with E-state index in [2.05, 4.69) is 0 Å². The molecule has 24 heavy (non-hydrogen) atoms. The molecule has 0 N–H and O–H groups in total. The molecule has 0 unspecified atom stereocenters. The average Bonchev–Trinajstić information content (AvgIpc) is 2.59. The van der Waals surface area contributed by atoms with E-state index in [-0.39, 0.29) is 24.3 Å². The molecule has 6 nitrogen and oxygen atoms in total. The molecule has 130 valence electrons. The summed E-state index contributed by atoms with van der Waals surface area (Å²) in [6.45, 7) is 5.84. The van der Waals surface area contributed by atoms with E-state index in [1.807, 2.05) is 30.3 Å². The van der Waals surface area contributed by atoms with Crippen LogP contribution in [0.3, 0.4) is 0 Å². The van der Waals surface area contributed by atoms with Crippen LogP contribution in [0.2, 0.25) is 0 Å². The summed E-state index contributed by atoms with van der Waals surface area (Å²) in [6.07, 6.45) is 0.728. The molecule has 0 spiro atoms. The molecule has 0 bridgehead atoms. The normalized spacial score (nSPS) is 14.4. The smallest absolute Gasteiger partial charge is 0.242 e. The lowest BCUT2D eigenvalue weighted by Gasteiger charge is -2.35. The Bertz CT molecular complexity index is 580. The molecule has 1 aliphatic heterocycles. The Morgan fingerprint density at radius 1 is 0.958 bits per heavy atom. The Labute approximate surface area is 143 Å². The summed E-state index contributed by atoms with van der Waals surface area (Å²) in [6, 6.07) is 9.92. The van der Waals surface area contributed by atoms with E-state index in [1.165, 1.54) is 6.92 Å². The molecule has 1 aromatic rings. The van der Waals surface area contributed by atoms with Crippen LogP contribution in [0.4, 0.5) is 0 Å². The number of carbonyl (C=O) groups excluding carboxylic acids is 3. The van der Waals surface area contributed by atoms with E-state index in [0.717, 1.165) is 12.0 Å². The first-order valence-corrected chi connectivity index (χ1v) is 8.30. The fraction of sp³-hybridized carbons (Fsp3) is 0.500. The van der Waals surface area contributed by atoms with Crippen LogP contribution in [0.1, 0.15) is 19.4 Å². The molecule has 6 heteroatoms. The van der Waals surface area contributed by atoms with Gasteiger partial charge in [0.15, 0.2) is 0 Å². The zero-order valence-corrected chi connectivity index (χ0v) is 14.4. The average molecular weight is 331 g/mol. The number of hydrogen-bond donors (Lipinski definition) is 0.